The highest BCUT2D eigenvalue weighted by molar-refractivity contribution is 7.99. The summed E-state index contributed by atoms with van der Waals surface area (Å²) in [6, 6.07) is 4.21. The fraction of sp³-hybridized carbons (Fsp3) is 0.636. The van der Waals surface area contributed by atoms with E-state index >= 15 is 0 Å². The number of aliphatic hydroxyl groups is 1. The van der Waals surface area contributed by atoms with Gasteiger partial charge in [0.05, 0.1) is 13.2 Å². The van der Waals surface area contributed by atoms with Gasteiger partial charge in [-0.1, -0.05) is 0 Å². The summed E-state index contributed by atoms with van der Waals surface area (Å²) in [4.78, 5) is 0. The van der Waals surface area contributed by atoms with Gasteiger partial charge in [-0.25, -0.2) is 0 Å². The van der Waals surface area contributed by atoms with Gasteiger partial charge in [0.25, 0.3) is 0 Å². The second-order valence-electron chi connectivity index (χ2n) is 3.64. The lowest BCUT2D eigenvalue weighted by atomic mass is 10.2. The molecule has 2 N–H and O–H groups in total. The van der Waals surface area contributed by atoms with Crippen molar-refractivity contribution in [1.29, 1.82) is 0 Å². The molecule has 1 aromatic rings. The van der Waals surface area contributed by atoms with Crippen molar-refractivity contribution in [3.05, 3.63) is 23.7 Å². The Kier molecular flexibility index (Phi) is 5.22. The predicted octanol–water partition coefficient (Wildman–Crippen LogP) is 1.79. The van der Waals surface area contributed by atoms with Gasteiger partial charge in [-0.2, -0.15) is 11.8 Å². The van der Waals surface area contributed by atoms with Crippen molar-refractivity contribution in [2.45, 2.75) is 31.7 Å². The summed E-state index contributed by atoms with van der Waals surface area (Å²) in [7, 11) is 0. The first-order valence-electron chi connectivity index (χ1n) is 5.09. The molecule has 0 aliphatic rings. The van der Waals surface area contributed by atoms with E-state index < -0.39 is 0 Å². The van der Waals surface area contributed by atoms with Crippen LogP contribution in [-0.2, 0) is 6.54 Å². The number of hydrogen-bond acceptors (Lipinski definition) is 4. The Morgan fingerprint density at radius 3 is 2.73 bits per heavy atom. The summed E-state index contributed by atoms with van der Waals surface area (Å²) in [5.41, 5.74) is 0. The quantitative estimate of drug-likeness (QED) is 0.780. The van der Waals surface area contributed by atoms with Crippen molar-refractivity contribution in [2.24, 2.45) is 0 Å². The van der Waals surface area contributed by atoms with Crippen molar-refractivity contribution in [2.75, 3.05) is 12.9 Å². The van der Waals surface area contributed by atoms with Gasteiger partial charge in [-0.3, -0.25) is 0 Å². The van der Waals surface area contributed by atoms with E-state index in [1.54, 1.807) is 11.8 Å². The largest absolute Gasteiger partial charge is 0.465 e. The van der Waals surface area contributed by atoms with Gasteiger partial charge >= 0.3 is 0 Å². The molecule has 0 aliphatic heterocycles. The maximum Gasteiger partial charge on any atom is 0.117 e. The summed E-state index contributed by atoms with van der Waals surface area (Å²) in [5.74, 6) is 1.88. The van der Waals surface area contributed by atoms with Crippen molar-refractivity contribution in [1.82, 2.24) is 5.32 Å². The van der Waals surface area contributed by atoms with Gasteiger partial charge < -0.3 is 14.8 Å². The van der Waals surface area contributed by atoms with Gasteiger partial charge in [0.15, 0.2) is 0 Å². The van der Waals surface area contributed by atoms with E-state index in [2.05, 4.69) is 12.2 Å². The molecule has 1 aromatic heterocycles. The zero-order chi connectivity index (χ0) is 11.3. The van der Waals surface area contributed by atoms with Crippen LogP contribution in [0.5, 0.6) is 0 Å². The molecule has 15 heavy (non-hydrogen) atoms. The summed E-state index contributed by atoms with van der Waals surface area (Å²) in [6.07, 6.45) is 2.01. The third kappa shape index (κ3) is 3.89. The van der Waals surface area contributed by atoms with Crippen molar-refractivity contribution in [3.8, 4) is 0 Å². The van der Waals surface area contributed by atoms with Gasteiger partial charge in [0.2, 0.25) is 0 Å². The molecule has 0 bridgehead atoms. The Hall–Kier alpha value is -0.450. The molecule has 0 aromatic carbocycles. The third-order valence-corrected chi connectivity index (χ3v) is 3.60. The summed E-state index contributed by atoms with van der Waals surface area (Å²) in [6.45, 7) is 4.93. The molecule has 0 aliphatic carbocycles. The predicted molar refractivity (Wildman–Crippen MR) is 64.1 cm³/mol. The molecule has 0 saturated carbocycles. The maximum absolute atomic E-state index is 9.11. The number of rotatable bonds is 6. The van der Waals surface area contributed by atoms with Crippen LogP contribution < -0.4 is 5.32 Å². The highest BCUT2D eigenvalue weighted by atomic mass is 32.2. The highest BCUT2D eigenvalue weighted by Gasteiger charge is 2.14. The molecule has 0 radical (unpaired) electrons. The lowest BCUT2D eigenvalue weighted by Gasteiger charge is -2.20. The first-order chi connectivity index (χ1) is 7.17. The minimum absolute atomic E-state index is 0.201. The van der Waals surface area contributed by atoms with Crippen LogP contribution in [0.1, 0.15) is 18.4 Å². The number of hydrogen-bond donors (Lipinski definition) is 2. The molecule has 86 valence electrons. The van der Waals surface area contributed by atoms with Gasteiger partial charge in [-0.05, 0) is 32.2 Å². The topological polar surface area (TPSA) is 45.4 Å². The third-order valence-electron chi connectivity index (χ3n) is 2.43. The SMILES string of the molecule is CSC(CO)C(C)NCc1ccc(C)o1. The Balaban J connectivity index is 2.36. The molecule has 2 unspecified atom stereocenters. The smallest absolute Gasteiger partial charge is 0.117 e. The Bertz CT molecular complexity index is 284. The monoisotopic (exact) mass is 229 g/mol. The van der Waals surface area contributed by atoms with Crippen LogP contribution in [0.15, 0.2) is 16.5 Å². The second kappa shape index (κ2) is 6.20. The molecular formula is C11H19NO2S. The minimum Gasteiger partial charge on any atom is -0.465 e. The van der Waals surface area contributed by atoms with Crippen molar-refractivity contribution < 1.29 is 9.52 Å². The average Bonchev–Trinajstić information content (AvgIpc) is 2.63. The molecule has 0 spiro atoms. The first kappa shape index (κ1) is 12.6. The van der Waals surface area contributed by atoms with Gasteiger partial charge in [-0.15, -0.1) is 0 Å². The Labute approximate surface area is 95.2 Å². The average molecular weight is 229 g/mol. The minimum atomic E-state index is 0.201. The Morgan fingerprint density at radius 2 is 2.27 bits per heavy atom. The lowest BCUT2D eigenvalue weighted by Crippen LogP contribution is -2.36. The van der Waals surface area contributed by atoms with Crippen LogP contribution >= 0.6 is 11.8 Å². The van der Waals surface area contributed by atoms with Gasteiger partial charge in [0.1, 0.15) is 11.5 Å². The van der Waals surface area contributed by atoms with E-state index in [1.807, 2.05) is 25.3 Å². The maximum atomic E-state index is 9.11. The lowest BCUT2D eigenvalue weighted by molar-refractivity contribution is 0.274. The van der Waals surface area contributed by atoms with E-state index in [0.29, 0.717) is 6.54 Å². The summed E-state index contributed by atoms with van der Waals surface area (Å²) in [5, 5.41) is 12.7. The first-order valence-corrected chi connectivity index (χ1v) is 6.38. The van der Waals surface area contributed by atoms with Crippen LogP contribution in [0.4, 0.5) is 0 Å². The van der Waals surface area contributed by atoms with Crippen LogP contribution in [0.25, 0.3) is 0 Å². The molecule has 1 heterocycles. The summed E-state index contributed by atoms with van der Waals surface area (Å²) < 4.78 is 5.45. The second-order valence-corrected chi connectivity index (χ2v) is 4.72. The van der Waals surface area contributed by atoms with Crippen molar-refractivity contribution >= 4 is 11.8 Å². The van der Waals surface area contributed by atoms with Crippen LogP contribution in [0, 0.1) is 6.92 Å². The van der Waals surface area contributed by atoms with Gasteiger partial charge in [0, 0.05) is 11.3 Å². The van der Waals surface area contributed by atoms with E-state index in [0.717, 1.165) is 11.5 Å². The number of furan rings is 1. The molecule has 1 rings (SSSR count). The molecule has 4 heteroatoms. The van der Waals surface area contributed by atoms with E-state index in [9.17, 15) is 0 Å². The zero-order valence-electron chi connectivity index (χ0n) is 9.49. The molecule has 0 fully saturated rings. The standard InChI is InChI=1S/C11H19NO2S/c1-8-4-5-10(14-8)6-12-9(2)11(7-13)15-3/h4-5,9,11-13H,6-7H2,1-3H3. The molecule has 0 amide bonds. The molecular weight excluding hydrogens is 210 g/mol. The number of aryl methyl sites for hydroxylation is 1. The Morgan fingerprint density at radius 1 is 1.53 bits per heavy atom. The summed E-state index contributed by atoms with van der Waals surface area (Å²) >= 11 is 1.68. The molecule has 3 nitrogen and oxygen atoms in total. The van der Waals surface area contributed by atoms with Crippen molar-refractivity contribution in [3.63, 3.8) is 0 Å². The number of aliphatic hydroxyl groups excluding tert-OH is 1. The molecule has 2 atom stereocenters. The van der Waals surface area contributed by atoms with Crippen LogP contribution in [0.2, 0.25) is 0 Å². The highest BCUT2D eigenvalue weighted by Crippen LogP contribution is 2.12. The number of nitrogens with one attached hydrogen (secondary N) is 1. The van der Waals surface area contributed by atoms with E-state index in [1.165, 1.54) is 0 Å². The van der Waals surface area contributed by atoms with E-state index in [-0.39, 0.29) is 17.9 Å². The van der Waals surface area contributed by atoms with Crippen LogP contribution in [-0.4, -0.2) is 29.3 Å². The zero-order valence-corrected chi connectivity index (χ0v) is 10.3. The number of thioether (sulfide) groups is 1. The molecule has 0 saturated heterocycles. The van der Waals surface area contributed by atoms with E-state index in [4.69, 9.17) is 9.52 Å². The fourth-order valence-corrected chi connectivity index (χ4v) is 2.06. The normalized spacial score (nSPS) is 15.2. The fourth-order valence-electron chi connectivity index (χ4n) is 1.41. The van der Waals surface area contributed by atoms with Crippen LogP contribution in [0.3, 0.4) is 0 Å².